The molecule has 0 aromatic heterocycles. The van der Waals surface area contributed by atoms with Crippen LogP contribution in [0.25, 0.3) is 0 Å². The van der Waals surface area contributed by atoms with Gasteiger partial charge in [-0.1, -0.05) is 62.3 Å². The molecule has 0 aliphatic heterocycles. The molecule has 0 aliphatic carbocycles. The van der Waals surface area contributed by atoms with Crippen molar-refractivity contribution in [1.29, 1.82) is 0 Å². The van der Waals surface area contributed by atoms with E-state index in [9.17, 15) is 0 Å². The molecule has 0 atom stereocenters. The SMILES string of the molecule is CC([SiH2]N(C(C)C)C(C)C)[SiH2]N(C(C)C)C(C)C. The molecule has 110 valence electrons. The second kappa shape index (κ2) is 8.51. The van der Waals surface area contributed by atoms with Crippen molar-refractivity contribution in [3.05, 3.63) is 0 Å². The van der Waals surface area contributed by atoms with Crippen molar-refractivity contribution in [2.75, 3.05) is 0 Å². The molecule has 18 heavy (non-hydrogen) atoms. The number of rotatable bonds is 8. The van der Waals surface area contributed by atoms with Gasteiger partial charge in [-0.3, -0.25) is 0 Å². The first kappa shape index (κ1) is 18.4. The van der Waals surface area contributed by atoms with Gasteiger partial charge < -0.3 is 9.13 Å². The predicted octanol–water partition coefficient (Wildman–Crippen LogP) is 2.16. The Kier molecular flexibility index (Phi) is 8.68. The van der Waals surface area contributed by atoms with E-state index in [0.29, 0.717) is 0 Å². The molecule has 0 N–H and O–H groups in total. The first-order valence-corrected chi connectivity index (χ1v) is 10.6. The minimum atomic E-state index is -0.0986. The van der Waals surface area contributed by atoms with Crippen molar-refractivity contribution in [2.24, 2.45) is 0 Å². The Bertz CT molecular complexity index is 180. The number of nitrogens with zero attached hydrogens (tertiary/aromatic N) is 2. The largest absolute Gasteiger partial charge is 0.325 e. The molecule has 0 aromatic carbocycles. The van der Waals surface area contributed by atoms with E-state index in [2.05, 4.69) is 71.4 Å². The van der Waals surface area contributed by atoms with Gasteiger partial charge in [-0.25, -0.2) is 0 Å². The van der Waals surface area contributed by atoms with Gasteiger partial charge in [0.1, 0.15) is 0 Å². The molecule has 0 bridgehead atoms. The molecule has 0 amide bonds. The molecule has 4 heteroatoms. The lowest BCUT2D eigenvalue weighted by atomic mass is 10.3. The molecule has 0 radical (unpaired) electrons. The molecule has 0 saturated carbocycles. The summed E-state index contributed by atoms with van der Waals surface area (Å²) < 4.78 is 5.55. The van der Waals surface area contributed by atoms with Crippen LogP contribution in [0.4, 0.5) is 0 Å². The topological polar surface area (TPSA) is 6.48 Å². The first-order chi connectivity index (χ1) is 8.16. The summed E-state index contributed by atoms with van der Waals surface area (Å²) in [4.78, 5) is 0. The van der Waals surface area contributed by atoms with Crippen LogP contribution in [-0.2, 0) is 0 Å². The van der Waals surface area contributed by atoms with E-state index in [1.165, 1.54) is 0 Å². The summed E-state index contributed by atoms with van der Waals surface area (Å²) in [6, 6.07) is 2.89. The molecule has 0 aliphatic rings. The minimum Gasteiger partial charge on any atom is -0.325 e. The van der Waals surface area contributed by atoms with Crippen molar-refractivity contribution in [2.45, 2.75) is 91.6 Å². The van der Waals surface area contributed by atoms with Crippen LogP contribution in [0.15, 0.2) is 0 Å². The van der Waals surface area contributed by atoms with Gasteiger partial charge in [-0.05, 0) is 29.3 Å². The molecule has 0 spiro atoms. The van der Waals surface area contributed by atoms with Crippen molar-refractivity contribution in [3.63, 3.8) is 0 Å². The maximum absolute atomic E-state index is 2.77. The van der Waals surface area contributed by atoms with Crippen LogP contribution in [0.3, 0.4) is 0 Å². The van der Waals surface area contributed by atoms with Crippen molar-refractivity contribution < 1.29 is 0 Å². The van der Waals surface area contributed by atoms with Crippen LogP contribution in [0.5, 0.6) is 0 Å². The fraction of sp³-hybridized carbons (Fsp3) is 1.00. The van der Waals surface area contributed by atoms with Crippen molar-refractivity contribution in [1.82, 2.24) is 9.13 Å². The Morgan fingerprint density at radius 1 is 0.500 bits per heavy atom. The summed E-state index contributed by atoms with van der Waals surface area (Å²) in [7, 11) is -0.197. The Labute approximate surface area is 120 Å². The summed E-state index contributed by atoms with van der Waals surface area (Å²) in [6.45, 7) is 21.3. The van der Waals surface area contributed by atoms with Gasteiger partial charge in [0.2, 0.25) is 0 Å². The smallest absolute Gasteiger partial charge is 0.0965 e. The van der Waals surface area contributed by atoms with E-state index in [4.69, 9.17) is 0 Å². The molecular weight excluding hydrogens is 252 g/mol. The van der Waals surface area contributed by atoms with Gasteiger partial charge in [-0.15, -0.1) is 0 Å². The molecule has 0 heterocycles. The van der Waals surface area contributed by atoms with Gasteiger partial charge in [0.15, 0.2) is 0 Å². The summed E-state index contributed by atoms with van der Waals surface area (Å²) in [5.74, 6) is 0. The van der Waals surface area contributed by atoms with Gasteiger partial charge in [0.25, 0.3) is 0 Å². The molecule has 0 saturated heterocycles. The first-order valence-electron chi connectivity index (χ1n) is 7.68. The van der Waals surface area contributed by atoms with Crippen molar-refractivity contribution in [3.8, 4) is 0 Å². The third-order valence-corrected chi connectivity index (χ3v) is 10.3. The van der Waals surface area contributed by atoms with E-state index in [0.717, 1.165) is 29.3 Å². The lowest BCUT2D eigenvalue weighted by Crippen LogP contribution is -2.47. The highest BCUT2D eigenvalue weighted by atomic mass is 28.3. The van der Waals surface area contributed by atoms with E-state index in [1.54, 1.807) is 0 Å². The summed E-state index contributed by atoms with van der Waals surface area (Å²) in [6.07, 6.45) is 0. The predicted molar refractivity (Wildman–Crippen MR) is 90.7 cm³/mol. The monoisotopic (exact) mass is 288 g/mol. The van der Waals surface area contributed by atoms with Crippen LogP contribution >= 0.6 is 0 Å². The zero-order valence-corrected chi connectivity index (χ0v) is 17.0. The zero-order valence-electron chi connectivity index (χ0n) is 14.2. The van der Waals surface area contributed by atoms with E-state index >= 15 is 0 Å². The number of hydrogen-bond donors (Lipinski definition) is 0. The standard InChI is InChI=1S/C14H36N2Si2/c1-10(2)15(11(3)4)17-14(9)18-16(12(5)6)13(7)8/h10-14H,17-18H2,1-9H3. The fourth-order valence-electron chi connectivity index (χ4n) is 2.81. The van der Waals surface area contributed by atoms with E-state index < -0.39 is 0 Å². The summed E-state index contributed by atoms with van der Waals surface area (Å²) in [5, 5.41) is 1.000. The average molecular weight is 289 g/mol. The highest BCUT2D eigenvalue weighted by molar-refractivity contribution is 6.55. The molecule has 2 nitrogen and oxygen atoms in total. The van der Waals surface area contributed by atoms with Crippen LogP contribution in [0.2, 0.25) is 5.16 Å². The second-order valence-corrected chi connectivity index (χ2v) is 13.0. The second-order valence-electron chi connectivity index (χ2n) is 6.87. The highest BCUT2D eigenvalue weighted by Gasteiger charge is 2.21. The van der Waals surface area contributed by atoms with Gasteiger partial charge in [0, 0.05) is 0 Å². The lowest BCUT2D eigenvalue weighted by molar-refractivity contribution is 0.301. The molecule has 0 aromatic rings. The van der Waals surface area contributed by atoms with Crippen LogP contribution in [0, 0.1) is 0 Å². The quantitative estimate of drug-likeness (QED) is 0.632. The summed E-state index contributed by atoms with van der Waals surface area (Å²) >= 11 is 0. The Hall–Kier alpha value is 0.354. The maximum atomic E-state index is 2.77. The third-order valence-electron chi connectivity index (χ3n) is 3.70. The summed E-state index contributed by atoms with van der Waals surface area (Å²) in [5.41, 5.74) is 0. The Morgan fingerprint density at radius 2 is 0.722 bits per heavy atom. The Balaban J connectivity index is 4.42. The van der Waals surface area contributed by atoms with Crippen LogP contribution < -0.4 is 0 Å². The minimum absolute atomic E-state index is 0.0986. The van der Waals surface area contributed by atoms with Gasteiger partial charge >= 0.3 is 0 Å². The van der Waals surface area contributed by atoms with E-state index in [-0.39, 0.29) is 19.4 Å². The lowest BCUT2D eigenvalue weighted by Gasteiger charge is -2.37. The average Bonchev–Trinajstić information content (AvgIpc) is 2.20. The van der Waals surface area contributed by atoms with Gasteiger partial charge in [-0.2, -0.15) is 0 Å². The van der Waals surface area contributed by atoms with Crippen LogP contribution in [-0.4, -0.2) is 52.7 Å². The maximum Gasteiger partial charge on any atom is 0.0965 e. The van der Waals surface area contributed by atoms with Crippen LogP contribution in [0.1, 0.15) is 62.3 Å². The van der Waals surface area contributed by atoms with Crippen molar-refractivity contribution >= 4 is 19.4 Å². The molecular formula is C14H36N2Si2. The molecule has 0 unspecified atom stereocenters. The molecule has 0 rings (SSSR count). The molecule has 0 fully saturated rings. The normalized spacial score (nSPS) is 16.2. The van der Waals surface area contributed by atoms with Gasteiger partial charge in [0.05, 0.1) is 19.4 Å². The Morgan fingerprint density at radius 3 is 0.889 bits per heavy atom. The highest BCUT2D eigenvalue weighted by Crippen LogP contribution is 2.14. The zero-order chi connectivity index (χ0) is 14.5. The number of hydrogen-bond acceptors (Lipinski definition) is 2. The van der Waals surface area contributed by atoms with E-state index in [1.807, 2.05) is 0 Å². The third kappa shape index (κ3) is 6.50. The fourth-order valence-corrected chi connectivity index (χ4v) is 8.19.